The van der Waals surface area contributed by atoms with Gasteiger partial charge in [-0.25, -0.2) is 0 Å². The lowest BCUT2D eigenvalue weighted by Gasteiger charge is -2.39. The zero-order valence-corrected chi connectivity index (χ0v) is 12.4. The van der Waals surface area contributed by atoms with Crippen molar-refractivity contribution in [3.8, 4) is 0 Å². The first-order valence-corrected chi connectivity index (χ1v) is 7.77. The van der Waals surface area contributed by atoms with Crippen LogP contribution in [0.1, 0.15) is 58.8 Å². The molecule has 1 amide bonds. The molecule has 0 aromatic carbocycles. The highest BCUT2D eigenvalue weighted by atomic mass is 16.5. The average Bonchev–Trinajstić information content (AvgIpc) is 2.85. The lowest BCUT2D eigenvalue weighted by atomic mass is 9.89. The SMILES string of the molecule is CCCN(C(=O)C1(C)CCCO1)C1CCC(N)CC1. The molecule has 1 unspecified atom stereocenters. The molecule has 4 heteroatoms. The lowest BCUT2D eigenvalue weighted by Crippen LogP contribution is -2.52. The number of hydrogen-bond acceptors (Lipinski definition) is 3. The first-order chi connectivity index (χ1) is 9.07. The maximum atomic E-state index is 12.8. The van der Waals surface area contributed by atoms with Crippen molar-refractivity contribution in [1.82, 2.24) is 4.90 Å². The number of carbonyl (C=O) groups is 1. The molecule has 0 spiro atoms. The van der Waals surface area contributed by atoms with E-state index in [-0.39, 0.29) is 5.91 Å². The minimum atomic E-state index is -0.575. The molecule has 1 aliphatic carbocycles. The van der Waals surface area contributed by atoms with Gasteiger partial charge in [0.2, 0.25) is 0 Å². The summed E-state index contributed by atoms with van der Waals surface area (Å²) in [5, 5.41) is 0. The quantitative estimate of drug-likeness (QED) is 0.849. The number of carbonyl (C=O) groups excluding carboxylic acids is 1. The summed E-state index contributed by atoms with van der Waals surface area (Å²) in [7, 11) is 0. The van der Waals surface area contributed by atoms with Gasteiger partial charge in [-0.15, -0.1) is 0 Å². The highest BCUT2D eigenvalue weighted by molar-refractivity contribution is 5.85. The summed E-state index contributed by atoms with van der Waals surface area (Å²) in [5.74, 6) is 0.201. The zero-order chi connectivity index (χ0) is 13.9. The van der Waals surface area contributed by atoms with Gasteiger partial charge in [0.15, 0.2) is 0 Å². The van der Waals surface area contributed by atoms with Gasteiger partial charge in [0.05, 0.1) is 0 Å². The summed E-state index contributed by atoms with van der Waals surface area (Å²) in [6.07, 6.45) is 7.03. The fourth-order valence-electron chi connectivity index (χ4n) is 3.36. The Kier molecular flexibility index (Phi) is 4.85. The van der Waals surface area contributed by atoms with Gasteiger partial charge in [0.25, 0.3) is 5.91 Å². The van der Waals surface area contributed by atoms with Gasteiger partial charge in [0, 0.05) is 25.2 Å². The Hall–Kier alpha value is -0.610. The van der Waals surface area contributed by atoms with Crippen molar-refractivity contribution in [2.24, 2.45) is 5.73 Å². The van der Waals surface area contributed by atoms with Gasteiger partial charge in [0.1, 0.15) is 5.60 Å². The smallest absolute Gasteiger partial charge is 0.254 e. The van der Waals surface area contributed by atoms with Gasteiger partial charge in [-0.1, -0.05) is 6.92 Å². The topological polar surface area (TPSA) is 55.6 Å². The van der Waals surface area contributed by atoms with E-state index in [9.17, 15) is 4.79 Å². The number of nitrogens with two attached hydrogens (primary N) is 1. The molecule has 1 heterocycles. The van der Waals surface area contributed by atoms with Crippen LogP contribution in [0.3, 0.4) is 0 Å². The van der Waals surface area contributed by atoms with E-state index < -0.39 is 5.60 Å². The molecule has 4 nitrogen and oxygen atoms in total. The van der Waals surface area contributed by atoms with Crippen LogP contribution < -0.4 is 5.73 Å². The summed E-state index contributed by atoms with van der Waals surface area (Å²) >= 11 is 0. The first-order valence-electron chi connectivity index (χ1n) is 7.77. The lowest BCUT2D eigenvalue weighted by molar-refractivity contribution is -0.154. The summed E-state index contributed by atoms with van der Waals surface area (Å²) in [5.41, 5.74) is 5.39. The van der Waals surface area contributed by atoms with Crippen LogP contribution in [0.15, 0.2) is 0 Å². The van der Waals surface area contributed by atoms with Gasteiger partial charge in [-0.3, -0.25) is 4.79 Å². The van der Waals surface area contributed by atoms with E-state index in [4.69, 9.17) is 10.5 Å². The van der Waals surface area contributed by atoms with Crippen molar-refractivity contribution in [2.45, 2.75) is 76.5 Å². The fraction of sp³-hybridized carbons (Fsp3) is 0.933. The molecule has 0 aromatic heterocycles. The molecule has 0 radical (unpaired) electrons. The Bertz CT molecular complexity index is 305. The molecule has 0 bridgehead atoms. The second kappa shape index (κ2) is 6.23. The standard InChI is InChI=1S/C15H28N2O2/c1-3-10-17(13-7-5-12(16)6-8-13)14(18)15(2)9-4-11-19-15/h12-13H,3-11,16H2,1-2H3. The molecule has 1 saturated heterocycles. The predicted molar refractivity (Wildman–Crippen MR) is 75.8 cm³/mol. The second-order valence-corrected chi connectivity index (χ2v) is 6.25. The van der Waals surface area contributed by atoms with E-state index in [0.717, 1.165) is 58.1 Å². The highest BCUT2D eigenvalue weighted by Crippen LogP contribution is 2.31. The van der Waals surface area contributed by atoms with E-state index >= 15 is 0 Å². The van der Waals surface area contributed by atoms with Crippen LogP contribution in [0.2, 0.25) is 0 Å². The number of hydrogen-bond donors (Lipinski definition) is 1. The molecule has 2 rings (SSSR count). The first kappa shape index (κ1) is 14.8. The van der Waals surface area contributed by atoms with Gasteiger partial charge in [-0.2, -0.15) is 0 Å². The van der Waals surface area contributed by atoms with Gasteiger partial charge in [-0.05, 0) is 51.9 Å². The van der Waals surface area contributed by atoms with Crippen LogP contribution in [-0.4, -0.2) is 41.6 Å². The summed E-state index contributed by atoms with van der Waals surface area (Å²) in [6, 6.07) is 0.696. The summed E-state index contributed by atoms with van der Waals surface area (Å²) < 4.78 is 5.73. The van der Waals surface area contributed by atoms with Crippen LogP contribution in [0.4, 0.5) is 0 Å². The highest BCUT2D eigenvalue weighted by Gasteiger charge is 2.42. The molecule has 19 heavy (non-hydrogen) atoms. The Labute approximate surface area is 116 Å². The minimum Gasteiger partial charge on any atom is -0.365 e. The zero-order valence-electron chi connectivity index (χ0n) is 12.4. The van der Waals surface area contributed by atoms with Crippen molar-refractivity contribution in [2.75, 3.05) is 13.2 Å². The molecule has 1 atom stereocenters. The van der Waals surface area contributed by atoms with E-state index in [1.165, 1.54) is 0 Å². The van der Waals surface area contributed by atoms with Crippen molar-refractivity contribution >= 4 is 5.91 Å². The number of ether oxygens (including phenoxy) is 1. The predicted octanol–water partition coefficient (Wildman–Crippen LogP) is 2.06. The average molecular weight is 268 g/mol. The Morgan fingerprint density at radius 3 is 2.58 bits per heavy atom. The third-order valence-corrected chi connectivity index (χ3v) is 4.58. The molecular formula is C15H28N2O2. The van der Waals surface area contributed by atoms with E-state index in [0.29, 0.717) is 12.1 Å². The van der Waals surface area contributed by atoms with Crippen LogP contribution in [-0.2, 0) is 9.53 Å². The van der Waals surface area contributed by atoms with Gasteiger partial charge >= 0.3 is 0 Å². The maximum Gasteiger partial charge on any atom is 0.254 e. The molecule has 0 aromatic rings. The Balaban J connectivity index is 2.04. The summed E-state index contributed by atoms with van der Waals surface area (Å²) in [4.78, 5) is 14.9. The molecule has 2 N–H and O–H groups in total. The fourth-order valence-corrected chi connectivity index (χ4v) is 3.36. The third-order valence-electron chi connectivity index (χ3n) is 4.58. The van der Waals surface area contributed by atoms with Crippen LogP contribution in [0, 0.1) is 0 Å². The molecule has 1 aliphatic heterocycles. The Morgan fingerprint density at radius 1 is 1.37 bits per heavy atom. The van der Waals surface area contributed by atoms with E-state index in [1.54, 1.807) is 0 Å². The molecule has 110 valence electrons. The minimum absolute atomic E-state index is 0.201. The maximum absolute atomic E-state index is 12.8. The second-order valence-electron chi connectivity index (χ2n) is 6.25. The largest absolute Gasteiger partial charge is 0.365 e. The van der Waals surface area contributed by atoms with Crippen molar-refractivity contribution < 1.29 is 9.53 Å². The van der Waals surface area contributed by atoms with Crippen LogP contribution >= 0.6 is 0 Å². The third kappa shape index (κ3) is 3.29. The number of amides is 1. The Morgan fingerprint density at radius 2 is 2.05 bits per heavy atom. The van der Waals surface area contributed by atoms with Crippen molar-refractivity contribution in [3.05, 3.63) is 0 Å². The van der Waals surface area contributed by atoms with Crippen molar-refractivity contribution in [1.29, 1.82) is 0 Å². The van der Waals surface area contributed by atoms with E-state index in [1.807, 2.05) is 6.92 Å². The summed E-state index contributed by atoms with van der Waals surface area (Å²) in [6.45, 7) is 5.65. The van der Waals surface area contributed by atoms with Crippen LogP contribution in [0.25, 0.3) is 0 Å². The van der Waals surface area contributed by atoms with Crippen LogP contribution in [0.5, 0.6) is 0 Å². The number of rotatable bonds is 4. The molecular weight excluding hydrogens is 240 g/mol. The van der Waals surface area contributed by atoms with E-state index in [2.05, 4.69) is 11.8 Å². The molecule has 2 aliphatic rings. The molecule has 2 fully saturated rings. The van der Waals surface area contributed by atoms with Gasteiger partial charge < -0.3 is 15.4 Å². The van der Waals surface area contributed by atoms with Crippen molar-refractivity contribution in [3.63, 3.8) is 0 Å². The molecule has 1 saturated carbocycles. The number of nitrogens with zero attached hydrogens (tertiary/aromatic N) is 1. The monoisotopic (exact) mass is 268 g/mol. The normalized spacial score (nSPS) is 35.3.